The van der Waals surface area contributed by atoms with Crippen molar-refractivity contribution in [3.05, 3.63) is 64.2 Å². The Morgan fingerprint density at radius 2 is 2.12 bits per heavy atom. The molecule has 1 atom stereocenters. The molecule has 1 unspecified atom stereocenters. The zero-order chi connectivity index (χ0) is 16.7. The van der Waals surface area contributed by atoms with Crippen molar-refractivity contribution in [2.75, 3.05) is 18.6 Å². The summed E-state index contributed by atoms with van der Waals surface area (Å²) >= 11 is 0. The van der Waals surface area contributed by atoms with E-state index in [9.17, 15) is 4.79 Å². The highest BCUT2D eigenvalue weighted by atomic mass is 16.5. The van der Waals surface area contributed by atoms with E-state index in [0.29, 0.717) is 34.9 Å². The molecule has 0 bridgehead atoms. The second-order valence-corrected chi connectivity index (χ2v) is 6.24. The van der Waals surface area contributed by atoms with Crippen molar-refractivity contribution in [2.24, 2.45) is 0 Å². The molecule has 0 spiro atoms. The maximum Gasteiger partial charge on any atom is 0.258 e. The summed E-state index contributed by atoms with van der Waals surface area (Å²) in [5.41, 5.74) is 3.14. The van der Waals surface area contributed by atoms with Gasteiger partial charge >= 0.3 is 0 Å². The van der Waals surface area contributed by atoms with Crippen LogP contribution in [0.3, 0.4) is 0 Å². The van der Waals surface area contributed by atoms with E-state index in [1.165, 1.54) is 11.3 Å². The van der Waals surface area contributed by atoms with Crippen molar-refractivity contribution in [3.63, 3.8) is 0 Å². The summed E-state index contributed by atoms with van der Waals surface area (Å²) < 4.78 is 5.18. The summed E-state index contributed by atoms with van der Waals surface area (Å²) in [5, 5.41) is 0.549. The molecule has 2 heterocycles. The van der Waals surface area contributed by atoms with Crippen molar-refractivity contribution in [2.45, 2.75) is 19.4 Å². The lowest BCUT2D eigenvalue weighted by Crippen LogP contribution is -2.24. The lowest BCUT2D eigenvalue weighted by atomic mass is 10.0. The third kappa shape index (κ3) is 2.42. The van der Waals surface area contributed by atoms with Gasteiger partial charge in [0.05, 0.1) is 24.6 Å². The summed E-state index contributed by atoms with van der Waals surface area (Å²) in [6, 6.07) is 13.8. The number of nitrogens with zero attached hydrogens (tertiary/aromatic N) is 2. The lowest BCUT2D eigenvalue weighted by Gasteiger charge is -2.19. The number of nitrogens with one attached hydrogen (secondary N) is 1. The second-order valence-electron chi connectivity index (χ2n) is 6.24. The fourth-order valence-corrected chi connectivity index (χ4v) is 3.42. The Morgan fingerprint density at radius 3 is 2.96 bits per heavy atom. The van der Waals surface area contributed by atoms with E-state index in [1.54, 1.807) is 13.2 Å². The van der Waals surface area contributed by atoms with Crippen LogP contribution in [0.25, 0.3) is 10.9 Å². The molecule has 5 nitrogen and oxygen atoms in total. The molecule has 24 heavy (non-hydrogen) atoms. The fraction of sp³-hybridized carbons (Fsp3) is 0.263. The van der Waals surface area contributed by atoms with Crippen molar-refractivity contribution in [1.29, 1.82) is 0 Å². The number of aromatic nitrogens is 2. The number of fused-ring (bicyclic) bond motifs is 2. The molecule has 2 aromatic carbocycles. The highest BCUT2D eigenvalue weighted by Crippen LogP contribution is 2.36. The molecular formula is C19H19N3O2. The summed E-state index contributed by atoms with van der Waals surface area (Å²) in [5.74, 6) is 1.82. The lowest BCUT2D eigenvalue weighted by molar-refractivity contribution is 0.415. The molecule has 0 amide bonds. The number of methoxy groups -OCH3 is 1. The van der Waals surface area contributed by atoms with Gasteiger partial charge in [0.2, 0.25) is 0 Å². The number of aromatic amines is 1. The number of benzene rings is 2. The van der Waals surface area contributed by atoms with Gasteiger partial charge in [-0.3, -0.25) is 4.79 Å². The maximum atomic E-state index is 12.4. The Kier molecular flexibility index (Phi) is 3.49. The summed E-state index contributed by atoms with van der Waals surface area (Å²) in [4.78, 5) is 22.2. The van der Waals surface area contributed by atoms with Crippen LogP contribution in [0.1, 0.15) is 24.2 Å². The number of anilines is 1. The zero-order valence-corrected chi connectivity index (χ0v) is 13.7. The molecule has 1 N–H and O–H groups in total. The van der Waals surface area contributed by atoms with Gasteiger partial charge in [0, 0.05) is 18.2 Å². The molecular weight excluding hydrogens is 302 g/mol. The van der Waals surface area contributed by atoms with Gasteiger partial charge in [0.25, 0.3) is 5.56 Å². The van der Waals surface area contributed by atoms with Crippen LogP contribution >= 0.6 is 0 Å². The molecule has 5 heteroatoms. The maximum absolute atomic E-state index is 12.4. The third-order valence-electron chi connectivity index (χ3n) is 4.60. The predicted octanol–water partition coefficient (Wildman–Crippen LogP) is 3.06. The van der Waals surface area contributed by atoms with Gasteiger partial charge in [-0.15, -0.1) is 0 Å². The van der Waals surface area contributed by atoms with Crippen LogP contribution in [-0.2, 0) is 6.54 Å². The first kappa shape index (κ1) is 14.8. The molecule has 1 aliphatic heterocycles. The number of para-hydroxylation sites is 1. The third-order valence-corrected chi connectivity index (χ3v) is 4.60. The van der Waals surface area contributed by atoms with Crippen LogP contribution in [-0.4, -0.2) is 23.6 Å². The molecule has 122 valence electrons. The number of H-pyrrole nitrogens is 1. The molecule has 0 fully saturated rings. The first-order valence-electron chi connectivity index (χ1n) is 8.06. The van der Waals surface area contributed by atoms with Gasteiger partial charge in [0.1, 0.15) is 11.6 Å². The Balaban J connectivity index is 1.70. The minimum Gasteiger partial charge on any atom is -0.497 e. The highest BCUT2D eigenvalue weighted by Gasteiger charge is 2.25. The van der Waals surface area contributed by atoms with Gasteiger partial charge in [-0.2, -0.15) is 0 Å². The molecule has 3 aromatic rings. The number of hydrogen-bond donors (Lipinski definition) is 1. The summed E-state index contributed by atoms with van der Waals surface area (Å²) in [6.07, 6.45) is 0. The van der Waals surface area contributed by atoms with Crippen LogP contribution in [0.5, 0.6) is 5.75 Å². The van der Waals surface area contributed by atoms with Gasteiger partial charge in [-0.25, -0.2) is 4.98 Å². The number of ether oxygens (including phenoxy) is 1. The van der Waals surface area contributed by atoms with Crippen LogP contribution < -0.4 is 15.2 Å². The second kappa shape index (κ2) is 5.67. The van der Waals surface area contributed by atoms with Gasteiger partial charge in [-0.05, 0) is 29.8 Å². The minimum absolute atomic E-state index is 0.130. The average Bonchev–Trinajstić information content (AvgIpc) is 2.91. The fourth-order valence-electron chi connectivity index (χ4n) is 3.42. The number of rotatable bonds is 3. The topological polar surface area (TPSA) is 58.2 Å². The Labute approximate surface area is 139 Å². The van der Waals surface area contributed by atoms with Crippen LogP contribution in [0, 0.1) is 0 Å². The molecule has 0 saturated heterocycles. The van der Waals surface area contributed by atoms with E-state index in [-0.39, 0.29) is 5.56 Å². The van der Waals surface area contributed by atoms with Crippen molar-refractivity contribution in [1.82, 2.24) is 9.97 Å². The van der Waals surface area contributed by atoms with Gasteiger partial charge in [0.15, 0.2) is 0 Å². The minimum atomic E-state index is -0.130. The van der Waals surface area contributed by atoms with E-state index < -0.39 is 0 Å². The van der Waals surface area contributed by atoms with E-state index in [0.717, 1.165) is 6.54 Å². The predicted molar refractivity (Wildman–Crippen MR) is 94.8 cm³/mol. The zero-order valence-electron chi connectivity index (χ0n) is 13.7. The van der Waals surface area contributed by atoms with E-state index in [2.05, 4.69) is 40.0 Å². The molecule has 1 aliphatic rings. The van der Waals surface area contributed by atoms with Crippen molar-refractivity contribution < 1.29 is 4.74 Å². The van der Waals surface area contributed by atoms with Crippen LogP contribution in [0.2, 0.25) is 0 Å². The van der Waals surface area contributed by atoms with E-state index in [4.69, 9.17) is 4.74 Å². The quantitative estimate of drug-likeness (QED) is 0.805. The first-order valence-corrected chi connectivity index (χ1v) is 8.06. The molecule has 4 rings (SSSR count). The van der Waals surface area contributed by atoms with Crippen LogP contribution in [0.4, 0.5) is 5.69 Å². The summed E-state index contributed by atoms with van der Waals surface area (Å²) in [7, 11) is 1.59. The molecule has 1 aromatic heterocycles. The van der Waals surface area contributed by atoms with Gasteiger partial charge < -0.3 is 14.6 Å². The average molecular weight is 321 g/mol. The standard InChI is InChI=1S/C19H19N3O2/c1-12-10-22(17-6-4-3-5-14(12)17)11-18-20-16-8-7-13(24-2)9-15(16)19(23)21-18/h3-9,12H,10-11H2,1-2H3,(H,20,21,23). The molecule has 0 saturated carbocycles. The SMILES string of the molecule is COc1ccc2nc(CN3CC(C)c4ccccc43)[nH]c(=O)c2c1. The molecule has 0 aliphatic carbocycles. The normalized spacial score (nSPS) is 16.4. The largest absolute Gasteiger partial charge is 0.497 e. The monoisotopic (exact) mass is 321 g/mol. The Bertz CT molecular complexity index is 964. The molecule has 0 radical (unpaired) electrons. The Morgan fingerprint density at radius 1 is 1.29 bits per heavy atom. The highest BCUT2D eigenvalue weighted by molar-refractivity contribution is 5.79. The smallest absolute Gasteiger partial charge is 0.258 e. The first-order chi connectivity index (χ1) is 11.7. The van der Waals surface area contributed by atoms with Crippen LogP contribution in [0.15, 0.2) is 47.3 Å². The van der Waals surface area contributed by atoms with Gasteiger partial charge in [-0.1, -0.05) is 25.1 Å². The van der Waals surface area contributed by atoms with Crippen molar-refractivity contribution >= 4 is 16.6 Å². The van der Waals surface area contributed by atoms with Crippen molar-refractivity contribution in [3.8, 4) is 5.75 Å². The Hall–Kier alpha value is -2.82. The summed E-state index contributed by atoms with van der Waals surface area (Å²) in [6.45, 7) is 3.75. The van der Waals surface area contributed by atoms with E-state index in [1.807, 2.05) is 18.2 Å². The van der Waals surface area contributed by atoms with E-state index >= 15 is 0 Å². The number of hydrogen-bond acceptors (Lipinski definition) is 4.